The smallest absolute Gasteiger partial charge is 0.0973 e. The molecule has 0 saturated heterocycles. The van der Waals surface area contributed by atoms with Crippen molar-refractivity contribution < 1.29 is 0 Å². The Bertz CT molecular complexity index is 6020. The van der Waals surface area contributed by atoms with Crippen LogP contribution in [0.2, 0.25) is 0 Å². The molecular formula is C100H68N6. The van der Waals surface area contributed by atoms with Crippen molar-refractivity contribution in [2.24, 2.45) is 0 Å². The standard InChI is InChI=1S/C36H24N2.2C32H22N2/c1-3-11-28(12-4-1)34-35(29-13-5-2-6-14-29)38-36-32(16-9-17-33(36)37-34)27-21-18-26(19-22-27)31-23-20-25-10-7-8-15-30(25)24-31;1-3-11-23(12-4-1)25-15-9-17-27(21-25)31-32(34-30-20-8-7-19-29(30)33-31)28-18-10-16-26(22-28)24-13-5-2-6-14-24;1-3-9-23(10-4-1)25-15-19-27(20-16-25)31-32(34-30-14-8-7-13-29(30)33-31)28-21-17-26(18-22-28)24-11-5-2-6-12-24/h1-24H;2*1-22H. The monoisotopic (exact) mass is 1350 g/mol. The van der Waals surface area contributed by atoms with E-state index in [9.17, 15) is 0 Å². The molecule has 0 atom stereocenters. The fourth-order valence-corrected chi connectivity index (χ4v) is 13.8. The molecule has 0 bridgehead atoms. The first-order valence-corrected chi connectivity index (χ1v) is 35.7. The molecule has 16 aromatic carbocycles. The molecule has 0 radical (unpaired) electrons. The van der Waals surface area contributed by atoms with Gasteiger partial charge in [-0.15, -0.1) is 0 Å². The lowest BCUT2D eigenvalue weighted by Gasteiger charge is -2.13. The van der Waals surface area contributed by atoms with E-state index in [1.165, 1.54) is 55.3 Å². The molecule has 6 nitrogen and oxygen atoms in total. The molecule has 0 fully saturated rings. The minimum atomic E-state index is 0.889. The molecule has 498 valence electrons. The zero-order valence-electron chi connectivity index (χ0n) is 57.9. The Kier molecular flexibility index (Phi) is 18.5. The SMILES string of the molecule is c1ccc(-c2ccc(-c3nc4ccccc4nc3-c3ccc(-c4ccccc4)cc3)cc2)cc1.c1ccc(-c2cccc(-c3nc4ccccc4nc3-c3cccc(-c4ccccc4)c3)c2)cc1.c1ccc(-c2nc3cccc(-c4ccc(-c5ccc6ccccc6c5)cc4)c3nc2-c2ccccc2)cc1. The van der Waals surface area contributed by atoms with Crippen LogP contribution in [-0.4, -0.2) is 29.9 Å². The lowest BCUT2D eigenvalue weighted by atomic mass is 9.97. The molecular weight excluding hydrogens is 1290 g/mol. The van der Waals surface area contributed by atoms with Gasteiger partial charge in [0.25, 0.3) is 0 Å². The predicted molar refractivity (Wildman–Crippen MR) is 441 cm³/mol. The zero-order valence-corrected chi connectivity index (χ0v) is 57.9. The number of benzene rings is 16. The minimum Gasteiger partial charge on any atom is -0.244 e. The van der Waals surface area contributed by atoms with E-state index in [0.29, 0.717) is 0 Å². The van der Waals surface area contributed by atoms with Crippen molar-refractivity contribution in [3.05, 3.63) is 413 Å². The first-order chi connectivity index (χ1) is 52.5. The molecule has 0 aliphatic rings. The normalized spacial score (nSPS) is 11.0. The van der Waals surface area contributed by atoms with Crippen LogP contribution in [0.3, 0.4) is 0 Å². The van der Waals surface area contributed by atoms with E-state index in [-0.39, 0.29) is 0 Å². The van der Waals surface area contributed by atoms with Crippen LogP contribution in [0, 0.1) is 0 Å². The third-order valence-electron chi connectivity index (χ3n) is 19.2. The molecule has 0 N–H and O–H groups in total. The van der Waals surface area contributed by atoms with E-state index in [2.05, 4.69) is 303 Å². The largest absolute Gasteiger partial charge is 0.244 e. The highest BCUT2D eigenvalue weighted by Gasteiger charge is 2.19. The number of hydrogen-bond donors (Lipinski definition) is 0. The van der Waals surface area contributed by atoms with Crippen LogP contribution in [-0.2, 0) is 0 Å². The van der Waals surface area contributed by atoms with E-state index < -0.39 is 0 Å². The van der Waals surface area contributed by atoms with Crippen molar-refractivity contribution in [3.8, 4) is 134 Å². The second kappa shape index (κ2) is 30.2. The minimum absolute atomic E-state index is 0.889. The quantitative estimate of drug-likeness (QED) is 0.121. The van der Waals surface area contributed by atoms with Crippen LogP contribution in [0.15, 0.2) is 413 Å². The molecule has 19 rings (SSSR count). The fraction of sp³-hybridized carbons (Fsp3) is 0. The van der Waals surface area contributed by atoms with Gasteiger partial charge >= 0.3 is 0 Å². The number of nitrogens with zero attached hydrogens (tertiary/aromatic N) is 6. The highest BCUT2D eigenvalue weighted by molar-refractivity contribution is 5.97. The first kappa shape index (κ1) is 65.1. The third-order valence-corrected chi connectivity index (χ3v) is 19.2. The topological polar surface area (TPSA) is 77.3 Å². The lowest BCUT2D eigenvalue weighted by molar-refractivity contribution is 1.29. The van der Waals surface area contributed by atoms with Crippen molar-refractivity contribution in [1.29, 1.82) is 0 Å². The third kappa shape index (κ3) is 14.1. The van der Waals surface area contributed by atoms with Crippen molar-refractivity contribution in [2.45, 2.75) is 0 Å². The number of para-hydroxylation sites is 5. The first-order valence-electron chi connectivity index (χ1n) is 35.7. The van der Waals surface area contributed by atoms with Gasteiger partial charge in [0.05, 0.1) is 67.3 Å². The van der Waals surface area contributed by atoms with Crippen molar-refractivity contribution in [2.75, 3.05) is 0 Å². The average Bonchev–Trinajstić information content (AvgIpc) is 0.781. The molecule has 106 heavy (non-hydrogen) atoms. The van der Waals surface area contributed by atoms with Crippen molar-refractivity contribution in [1.82, 2.24) is 29.9 Å². The van der Waals surface area contributed by atoms with Gasteiger partial charge in [-0.1, -0.05) is 364 Å². The van der Waals surface area contributed by atoms with Crippen LogP contribution in [0.5, 0.6) is 0 Å². The molecule has 6 heteroatoms. The molecule has 3 aromatic heterocycles. The molecule has 0 amide bonds. The molecule has 19 aromatic rings. The second-order valence-electron chi connectivity index (χ2n) is 26.1. The summed E-state index contributed by atoms with van der Waals surface area (Å²) in [5.74, 6) is 0. The molecule has 0 spiro atoms. The maximum absolute atomic E-state index is 5.25. The van der Waals surface area contributed by atoms with Crippen molar-refractivity contribution in [3.63, 3.8) is 0 Å². The zero-order chi connectivity index (χ0) is 70.8. The van der Waals surface area contributed by atoms with Crippen LogP contribution in [0.25, 0.3) is 178 Å². The van der Waals surface area contributed by atoms with E-state index in [0.717, 1.165) is 123 Å². The summed E-state index contributed by atoms with van der Waals surface area (Å²) in [6.07, 6.45) is 0. The molecule has 0 unspecified atom stereocenters. The molecule has 0 saturated carbocycles. The van der Waals surface area contributed by atoms with Gasteiger partial charge in [0, 0.05) is 38.9 Å². The van der Waals surface area contributed by atoms with Gasteiger partial charge in [-0.3, -0.25) is 0 Å². The Morgan fingerprint density at radius 2 is 0.358 bits per heavy atom. The van der Waals surface area contributed by atoms with Gasteiger partial charge < -0.3 is 0 Å². The Balaban J connectivity index is 0.000000117. The summed E-state index contributed by atoms with van der Waals surface area (Å²) < 4.78 is 0. The van der Waals surface area contributed by atoms with Gasteiger partial charge in [0.2, 0.25) is 0 Å². The summed E-state index contributed by atoms with van der Waals surface area (Å²) in [6.45, 7) is 0. The van der Waals surface area contributed by atoms with Crippen LogP contribution in [0.4, 0.5) is 0 Å². The molecule has 0 aliphatic carbocycles. The number of fused-ring (bicyclic) bond motifs is 4. The van der Waals surface area contributed by atoms with E-state index in [1.807, 2.05) is 109 Å². The Hall–Kier alpha value is -14.2. The summed E-state index contributed by atoms with van der Waals surface area (Å²) >= 11 is 0. The van der Waals surface area contributed by atoms with Gasteiger partial charge in [-0.05, 0) is 121 Å². The molecule has 3 heterocycles. The van der Waals surface area contributed by atoms with Crippen LogP contribution in [0.1, 0.15) is 0 Å². The fourth-order valence-electron chi connectivity index (χ4n) is 13.8. The van der Waals surface area contributed by atoms with Crippen molar-refractivity contribution >= 4 is 43.9 Å². The predicted octanol–water partition coefficient (Wildman–Crippen LogP) is 26.0. The maximum Gasteiger partial charge on any atom is 0.0973 e. The number of rotatable bonds is 12. The number of hydrogen-bond acceptors (Lipinski definition) is 6. The lowest BCUT2D eigenvalue weighted by Crippen LogP contribution is -1.97. The summed E-state index contributed by atoms with van der Waals surface area (Å²) in [5, 5.41) is 2.51. The summed E-state index contributed by atoms with van der Waals surface area (Å²) in [7, 11) is 0. The average molecular weight is 1350 g/mol. The van der Waals surface area contributed by atoms with Gasteiger partial charge in [0.15, 0.2) is 0 Å². The summed E-state index contributed by atoms with van der Waals surface area (Å²) in [6, 6.07) is 143. The van der Waals surface area contributed by atoms with Gasteiger partial charge in [0.1, 0.15) is 0 Å². The van der Waals surface area contributed by atoms with Crippen LogP contribution < -0.4 is 0 Å². The van der Waals surface area contributed by atoms with Gasteiger partial charge in [-0.2, -0.15) is 0 Å². The summed E-state index contributed by atoms with van der Waals surface area (Å²) in [4.78, 5) is 30.7. The van der Waals surface area contributed by atoms with Gasteiger partial charge in [-0.25, -0.2) is 29.9 Å². The summed E-state index contributed by atoms with van der Waals surface area (Å²) in [5.41, 5.74) is 31.2. The highest BCUT2D eigenvalue weighted by Crippen LogP contribution is 2.40. The van der Waals surface area contributed by atoms with E-state index in [4.69, 9.17) is 29.9 Å². The second-order valence-corrected chi connectivity index (χ2v) is 26.1. The Morgan fingerprint density at radius 1 is 0.123 bits per heavy atom. The highest BCUT2D eigenvalue weighted by atomic mass is 14.9. The maximum atomic E-state index is 5.25. The van der Waals surface area contributed by atoms with Crippen LogP contribution >= 0.6 is 0 Å². The Labute approximate surface area is 616 Å². The number of aromatic nitrogens is 6. The van der Waals surface area contributed by atoms with E-state index in [1.54, 1.807) is 0 Å². The van der Waals surface area contributed by atoms with E-state index >= 15 is 0 Å². The Morgan fingerprint density at radius 3 is 0.774 bits per heavy atom. The molecule has 0 aliphatic heterocycles.